The van der Waals surface area contributed by atoms with Crippen LogP contribution >= 0.6 is 0 Å². The molecule has 4 unspecified atom stereocenters. The number of imidazole rings is 1. The van der Waals surface area contributed by atoms with Crippen molar-refractivity contribution >= 4 is 45.5 Å². The molecule has 4 atom stereocenters. The minimum atomic E-state index is -1.19. The zero-order valence-electron chi connectivity index (χ0n) is 26.4. The molecule has 0 radical (unpaired) electrons. The van der Waals surface area contributed by atoms with E-state index in [0.29, 0.717) is 25.1 Å². The van der Waals surface area contributed by atoms with Gasteiger partial charge in [0.05, 0.1) is 12.4 Å². The van der Waals surface area contributed by atoms with E-state index in [4.69, 9.17) is 11.5 Å². The third-order valence-corrected chi connectivity index (χ3v) is 8.36. The van der Waals surface area contributed by atoms with Crippen LogP contribution in [-0.4, -0.2) is 79.4 Å². The molecule has 3 amide bonds. The molecule has 14 nitrogen and oxygen atoms in total. The van der Waals surface area contributed by atoms with Gasteiger partial charge in [-0.1, -0.05) is 36.4 Å². The smallest absolute Gasteiger partial charge is 0.326 e. The van der Waals surface area contributed by atoms with Crippen molar-refractivity contribution in [3.63, 3.8) is 0 Å². The first-order valence-corrected chi connectivity index (χ1v) is 15.9. The Bertz CT molecular complexity index is 1850. The summed E-state index contributed by atoms with van der Waals surface area (Å²) in [6, 6.07) is 10.8. The Hall–Kier alpha value is -5.47. The molecule has 0 aliphatic heterocycles. The van der Waals surface area contributed by atoms with Gasteiger partial charge in [0.25, 0.3) is 0 Å². The van der Waals surface area contributed by atoms with Crippen molar-refractivity contribution in [3.8, 4) is 0 Å². The number of amides is 3. The molecule has 0 bridgehead atoms. The number of benzene rings is 2. The lowest BCUT2D eigenvalue weighted by Crippen LogP contribution is -2.58. The van der Waals surface area contributed by atoms with Crippen molar-refractivity contribution < 1.29 is 24.3 Å². The molecule has 48 heavy (non-hydrogen) atoms. The highest BCUT2D eigenvalue weighted by molar-refractivity contribution is 5.95. The number of carbonyl (C=O) groups excluding carboxylic acids is 3. The maximum atomic E-state index is 14.0. The summed E-state index contributed by atoms with van der Waals surface area (Å²) in [6.07, 6.45) is 8.14. The third-order valence-electron chi connectivity index (χ3n) is 8.36. The zero-order valence-corrected chi connectivity index (χ0v) is 26.4. The largest absolute Gasteiger partial charge is 0.480 e. The van der Waals surface area contributed by atoms with Crippen LogP contribution in [0.5, 0.6) is 0 Å². The van der Waals surface area contributed by atoms with Crippen LogP contribution in [0.25, 0.3) is 21.8 Å². The molecule has 0 saturated carbocycles. The molecule has 3 heterocycles. The average molecular weight is 656 g/mol. The zero-order chi connectivity index (χ0) is 34.0. The minimum absolute atomic E-state index is 0.000537. The molecule has 14 heteroatoms. The van der Waals surface area contributed by atoms with Crippen molar-refractivity contribution in [1.29, 1.82) is 0 Å². The van der Waals surface area contributed by atoms with Crippen LogP contribution < -0.4 is 27.4 Å². The average Bonchev–Trinajstić information content (AvgIpc) is 3.84. The lowest BCUT2D eigenvalue weighted by atomic mass is 10.0. The topological polar surface area (TPSA) is 237 Å². The quantitative estimate of drug-likeness (QED) is 0.0662. The number of unbranched alkanes of at least 4 members (excludes halogenated alkanes) is 1. The number of aromatic amines is 3. The predicted octanol–water partition coefficient (Wildman–Crippen LogP) is 1.40. The van der Waals surface area contributed by atoms with Crippen molar-refractivity contribution in [3.05, 3.63) is 90.3 Å². The van der Waals surface area contributed by atoms with Crippen molar-refractivity contribution in [2.24, 2.45) is 11.5 Å². The summed E-state index contributed by atoms with van der Waals surface area (Å²) in [5.41, 5.74) is 15.9. The number of aliphatic carboxylic acids is 1. The maximum Gasteiger partial charge on any atom is 0.326 e. The number of para-hydroxylation sites is 2. The van der Waals surface area contributed by atoms with E-state index in [0.717, 1.165) is 32.9 Å². The Morgan fingerprint density at radius 1 is 0.729 bits per heavy atom. The molecule has 5 rings (SSSR count). The first-order chi connectivity index (χ1) is 23.2. The number of aromatic nitrogens is 4. The number of rotatable bonds is 17. The van der Waals surface area contributed by atoms with Crippen molar-refractivity contribution in [2.75, 3.05) is 6.54 Å². The third kappa shape index (κ3) is 8.46. The highest BCUT2D eigenvalue weighted by atomic mass is 16.4. The molecular weight excluding hydrogens is 614 g/mol. The number of carbonyl (C=O) groups is 4. The molecule has 0 fully saturated rings. The Morgan fingerprint density at radius 3 is 1.88 bits per heavy atom. The number of hydrogen-bond donors (Lipinski definition) is 9. The SMILES string of the molecule is NCCCCC(NC(=O)C(Cc1cnc[nH]1)NC(=O)C(Cc1c[nH]c2ccccc12)NC(=O)C(N)Cc1c[nH]c2ccccc12)C(=O)O. The maximum absolute atomic E-state index is 14.0. The van der Waals surface area contributed by atoms with E-state index in [1.165, 1.54) is 12.5 Å². The fourth-order valence-corrected chi connectivity index (χ4v) is 5.76. The van der Waals surface area contributed by atoms with Gasteiger partial charge in [0.2, 0.25) is 17.7 Å². The van der Waals surface area contributed by atoms with Gasteiger partial charge in [-0.2, -0.15) is 0 Å². The number of hydrogen-bond acceptors (Lipinski definition) is 7. The van der Waals surface area contributed by atoms with Gasteiger partial charge in [0, 0.05) is 58.9 Å². The van der Waals surface area contributed by atoms with E-state index >= 15 is 0 Å². The van der Waals surface area contributed by atoms with E-state index in [9.17, 15) is 24.3 Å². The van der Waals surface area contributed by atoms with E-state index in [-0.39, 0.29) is 25.7 Å². The molecule has 5 aromatic rings. The van der Waals surface area contributed by atoms with Crippen LogP contribution in [0.3, 0.4) is 0 Å². The van der Waals surface area contributed by atoms with Crippen molar-refractivity contribution in [1.82, 2.24) is 35.9 Å². The summed E-state index contributed by atoms with van der Waals surface area (Å²) in [5, 5.41) is 19.7. The number of nitrogens with zero attached hydrogens (tertiary/aromatic N) is 1. The monoisotopic (exact) mass is 655 g/mol. The second kappa shape index (κ2) is 15.9. The number of fused-ring (bicyclic) bond motifs is 2. The Kier molecular flexibility index (Phi) is 11.2. The second-order valence-electron chi connectivity index (χ2n) is 11.8. The van der Waals surface area contributed by atoms with Gasteiger partial charge < -0.3 is 47.5 Å². The van der Waals surface area contributed by atoms with E-state index < -0.39 is 47.9 Å². The summed E-state index contributed by atoms with van der Waals surface area (Å²) in [5.74, 6) is -3.06. The van der Waals surface area contributed by atoms with Gasteiger partial charge in [-0.15, -0.1) is 0 Å². The minimum Gasteiger partial charge on any atom is -0.480 e. The Balaban J connectivity index is 1.36. The molecule has 11 N–H and O–H groups in total. The molecule has 3 aromatic heterocycles. The van der Waals surface area contributed by atoms with Gasteiger partial charge in [0.1, 0.15) is 18.1 Å². The van der Waals surface area contributed by atoms with Gasteiger partial charge in [-0.05, 0) is 55.5 Å². The van der Waals surface area contributed by atoms with E-state index in [2.05, 4.69) is 35.9 Å². The van der Waals surface area contributed by atoms with E-state index in [1.54, 1.807) is 6.20 Å². The van der Waals surface area contributed by atoms with Crippen molar-refractivity contribution in [2.45, 2.75) is 62.7 Å². The summed E-state index contributed by atoms with van der Waals surface area (Å²) in [7, 11) is 0. The van der Waals surface area contributed by atoms with Crippen LogP contribution in [0.2, 0.25) is 0 Å². The lowest BCUT2D eigenvalue weighted by molar-refractivity contribution is -0.142. The fourth-order valence-electron chi connectivity index (χ4n) is 5.76. The molecule has 0 aliphatic carbocycles. The van der Waals surface area contributed by atoms with Crippen LogP contribution in [0.4, 0.5) is 0 Å². The highest BCUT2D eigenvalue weighted by Gasteiger charge is 2.31. The number of nitrogens with one attached hydrogen (secondary N) is 6. The number of carboxylic acids is 1. The van der Waals surface area contributed by atoms with Crippen LogP contribution in [-0.2, 0) is 38.4 Å². The second-order valence-corrected chi connectivity index (χ2v) is 11.8. The molecule has 2 aromatic carbocycles. The summed E-state index contributed by atoms with van der Waals surface area (Å²) >= 11 is 0. The summed E-state index contributed by atoms with van der Waals surface area (Å²) in [4.78, 5) is 66.3. The summed E-state index contributed by atoms with van der Waals surface area (Å²) < 4.78 is 0. The molecule has 252 valence electrons. The highest BCUT2D eigenvalue weighted by Crippen LogP contribution is 2.21. The Labute approximate surface area is 276 Å². The van der Waals surface area contributed by atoms with Crippen LogP contribution in [0.15, 0.2) is 73.4 Å². The lowest BCUT2D eigenvalue weighted by Gasteiger charge is -2.25. The molecular formula is C34H41N9O5. The number of nitrogens with two attached hydrogens (primary N) is 2. The molecule has 0 aliphatic rings. The van der Waals surface area contributed by atoms with Crippen LogP contribution in [0, 0.1) is 0 Å². The standard InChI is InChI=1S/C34H41N9O5/c35-12-6-5-11-28(34(47)48)41-33(46)30(15-22-18-37-19-40-22)43-32(45)29(14-21-17-39-27-10-4-2-8-24(21)27)42-31(44)25(36)13-20-16-38-26-9-3-1-7-23(20)26/h1-4,7-10,16-19,25,28-30,38-39H,5-6,11-15,35-36H2,(H,37,40)(H,41,46)(H,42,44)(H,43,45)(H,47,48). The van der Waals surface area contributed by atoms with E-state index in [1.807, 2.05) is 54.7 Å². The molecule has 0 spiro atoms. The van der Waals surface area contributed by atoms with Gasteiger partial charge in [0.15, 0.2) is 0 Å². The predicted molar refractivity (Wildman–Crippen MR) is 181 cm³/mol. The number of carboxylic acid groups (broad SMARTS) is 1. The number of H-pyrrole nitrogens is 3. The van der Waals surface area contributed by atoms with Crippen LogP contribution in [0.1, 0.15) is 36.1 Å². The Morgan fingerprint density at radius 2 is 1.29 bits per heavy atom. The van der Waals surface area contributed by atoms with Gasteiger partial charge in [-0.3, -0.25) is 14.4 Å². The first kappa shape index (κ1) is 33.9. The van der Waals surface area contributed by atoms with Gasteiger partial charge in [-0.25, -0.2) is 9.78 Å². The normalized spacial score (nSPS) is 13.9. The van der Waals surface area contributed by atoms with Gasteiger partial charge >= 0.3 is 5.97 Å². The first-order valence-electron chi connectivity index (χ1n) is 15.9. The summed E-state index contributed by atoms with van der Waals surface area (Å²) in [6.45, 7) is 0.397. The fraction of sp³-hybridized carbons (Fsp3) is 0.324. The molecule has 0 saturated heterocycles.